The maximum absolute atomic E-state index is 4.29. The Balaban J connectivity index is 2.38. The minimum absolute atomic E-state index is 0.334. The summed E-state index contributed by atoms with van der Waals surface area (Å²) in [5.74, 6) is 0. The minimum Gasteiger partial charge on any atom is -0.313 e. The molecule has 5 heteroatoms. The minimum atomic E-state index is 0.334. The highest BCUT2D eigenvalue weighted by Crippen LogP contribution is 2.10. The van der Waals surface area contributed by atoms with Gasteiger partial charge in [0.15, 0.2) is 0 Å². The second-order valence-electron chi connectivity index (χ2n) is 5.23. The van der Waals surface area contributed by atoms with Gasteiger partial charge in [0.25, 0.3) is 0 Å². The summed E-state index contributed by atoms with van der Waals surface area (Å²) in [6.45, 7) is 8.49. The Labute approximate surface area is 119 Å². The van der Waals surface area contributed by atoms with Crippen LogP contribution in [0.2, 0.25) is 0 Å². The van der Waals surface area contributed by atoms with Crippen LogP contribution >= 0.6 is 0 Å². The maximum atomic E-state index is 4.29. The van der Waals surface area contributed by atoms with E-state index in [1.165, 1.54) is 0 Å². The lowest BCUT2D eigenvalue weighted by molar-refractivity contribution is 0.503. The van der Waals surface area contributed by atoms with Crippen LogP contribution < -0.4 is 5.62 Å². The highest BCUT2D eigenvalue weighted by Gasteiger charge is 2.06. The van der Waals surface area contributed by atoms with Crippen molar-refractivity contribution in [3.63, 3.8) is 0 Å². The third-order valence-corrected chi connectivity index (χ3v) is 3.01. The lowest BCUT2D eigenvalue weighted by atomic mass is 10.3. The molecule has 0 saturated carbocycles. The molecular weight excluding hydrogens is 250 g/mol. The van der Waals surface area contributed by atoms with Crippen molar-refractivity contribution in [1.82, 2.24) is 9.13 Å². The van der Waals surface area contributed by atoms with Crippen molar-refractivity contribution < 1.29 is 0 Å². The number of benzene rings is 1. The molecule has 5 nitrogen and oxygen atoms in total. The fraction of sp³-hybridized carbons (Fsp3) is 0.400. The summed E-state index contributed by atoms with van der Waals surface area (Å²) in [4.78, 5) is 0. The van der Waals surface area contributed by atoms with Gasteiger partial charge in [-0.25, -0.2) is 0 Å². The van der Waals surface area contributed by atoms with Crippen molar-refractivity contribution >= 4 is 5.69 Å². The van der Waals surface area contributed by atoms with Crippen LogP contribution in [0.25, 0.3) is 0 Å². The van der Waals surface area contributed by atoms with Crippen molar-refractivity contribution in [2.24, 2.45) is 15.4 Å². The van der Waals surface area contributed by atoms with Crippen LogP contribution in [0, 0.1) is 0 Å². The van der Waals surface area contributed by atoms with E-state index in [9.17, 15) is 0 Å². The largest absolute Gasteiger partial charge is 0.313 e. The normalized spacial score (nSPS) is 11.7. The number of aromatic nitrogens is 2. The van der Waals surface area contributed by atoms with E-state index in [0.29, 0.717) is 12.1 Å². The van der Waals surface area contributed by atoms with Crippen LogP contribution in [-0.4, -0.2) is 9.13 Å². The van der Waals surface area contributed by atoms with Crippen LogP contribution in [0.5, 0.6) is 0 Å². The van der Waals surface area contributed by atoms with Gasteiger partial charge in [0.05, 0.1) is 5.69 Å². The predicted octanol–water partition coefficient (Wildman–Crippen LogP) is 4.05. The number of hydrogen-bond acceptors (Lipinski definition) is 2. The monoisotopic (exact) mass is 271 g/mol. The standard InChI is InChI=1S/C15H21N5/c1-12(2)19-10-11-20(13(3)4)15(19)17-18-16-14-8-6-5-7-9-14/h5-13H,1-4H3. The zero-order chi connectivity index (χ0) is 14.5. The van der Waals surface area contributed by atoms with E-state index >= 15 is 0 Å². The van der Waals surface area contributed by atoms with E-state index in [1.807, 2.05) is 42.7 Å². The highest BCUT2D eigenvalue weighted by molar-refractivity contribution is 5.34. The van der Waals surface area contributed by atoms with Crippen LogP contribution in [0.1, 0.15) is 39.8 Å². The quantitative estimate of drug-likeness (QED) is 0.595. The van der Waals surface area contributed by atoms with E-state index in [2.05, 4.69) is 52.3 Å². The first-order valence-electron chi connectivity index (χ1n) is 6.88. The zero-order valence-corrected chi connectivity index (χ0v) is 12.4. The van der Waals surface area contributed by atoms with Crippen LogP contribution in [0.4, 0.5) is 5.69 Å². The van der Waals surface area contributed by atoms with Gasteiger partial charge in [-0.1, -0.05) is 23.3 Å². The molecule has 106 valence electrons. The molecule has 0 spiro atoms. The summed E-state index contributed by atoms with van der Waals surface area (Å²) in [6, 6.07) is 10.3. The second kappa shape index (κ2) is 6.32. The molecule has 2 aromatic rings. The first-order valence-corrected chi connectivity index (χ1v) is 6.88. The smallest absolute Gasteiger partial charge is 0.232 e. The third-order valence-electron chi connectivity index (χ3n) is 3.01. The summed E-state index contributed by atoms with van der Waals surface area (Å²) in [5.41, 5.74) is 1.62. The van der Waals surface area contributed by atoms with Crippen molar-refractivity contribution in [2.45, 2.75) is 39.8 Å². The van der Waals surface area contributed by atoms with Gasteiger partial charge in [0.1, 0.15) is 0 Å². The molecule has 0 fully saturated rings. The fourth-order valence-corrected chi connectivity index (χ4v) is 1.93. The van der Waals surface area contributed by atoms with Crippen molar-refractivity contribution in [2.75, 3.05) is 0 Å². The number of rotatable bonds is 4. The molecule has 0 saturated heterocycles. The van der Waals surface area contributed by atoms with E-state index in [0.717, 1.165) is 11.3 Å². The van der Waals surface area contributed by atoms with Crippen molar-refractivity contribution in [1.29, 1.82) is 0 Å². The zero-order valence-electron chi connectivity index (χ0n) is 12.4. The summed E-state index contributed by atoms with van der Waals surface area (Å²) in [7, 11) is 0. The van der Waals surface area contributed by atoms with Gasteiger partial charge < -0.3 is 9.13 Å². The fourth-order valence-electron chi connectivity index (χ4n) is 1.93. The maximum Gasteiger partial charge on any atom is 0.232 e. The molecule has 0 amide bonds. The first kappa shape index (κ1) is 14.2. The molecule has 20 heavy (non-hydrogen) atoms. The van der Waals surface area contributed by atoms with E-state index in [4.69, 9.17) is 0 Å². The lowest BCUT2D eigenvalue weighted by Crippen LogP contribution is -2.27. The van der Waals surface area contributed by atoms with E-state index in [-0.39, 0.29) is 0 Å². The molecule has 0 bridgehead atoms. The Morgan fingerprint density at radius 1 is 0.850 bits per heavy atom. The Morgan fingerprint density at radius 3 is 1.90 bits per heavy atom. The number of hydrogen-bond donors (Lipinski definition) is 0. The Bertz CT molecular complexity index is 603. The Hall–Kier alpha value is -2.17. The molecule has 0 aliphatic heterocycles. The van der Waals surface area contributed by atoms with Gasteiger partial charge in [-0.3, -0.25) is 0 Å². The Kier molecular flexibility index (Phi) is 4.50. The molecule has 0 aliphatic rings. The SMILES string of the molecule is CC(C)n1ccn(C(C)C)c1=NN=Nc1ccccc1. The molecule has 2 rings (SSSR count). The molecular formula is C15H21N5. The second-order valence-corrected chi connectivity index (χ2v) is 5.23. The molecule has 1 heterocycles. The first-order chi connectivity index (χ1) is 9.59. The third kappa shape index (κ3) is 3.23. The molecule has 0 N–H and O–H groups in total. The molecule has 1 aromatic heterocycles. The van der Waals surface area contributed by atoms with E-state index in [1.54, 1.807) is 0 Å². The summed E-state index contributed by atoms with van der Waals surface area (Å²) < 4.78 is 4.17. The molecule has 0 radical (unpaired) electrons. The highest BCUT2D eigenvalue weighted by atomic mass is 15.4. The predicted molar refractivity (Wildman–Crippen MR) is 79.7 cm³/mol. The van der Waals surface area contributed by atoms with Gasteiger partial charge in [-0.05, 0) is 45.1 Å². The average molecular weight is 271 g/mol. The molecule has 1 aromatic carbocycles. The summed E-state index contributed by atoms with van der Waals surface area (Å²) in [6.07, 6.45) is 4.06. The molecule has 0 atom stereocenters. The van der Waals surface area contributed by atoms with Gasteiger partial charge in [0.2, 0.25) is 5.62 Å². The van der Waals surface area contributed by atoms with Gasteiger partial charge >= 0.3 is 0 Å². The summed E-state index contributed by atoms with van der Waals surface area (Å²) in [5, 5.41) is 12.4. The van der Waals surface area contributed by atoms with Crippen LogP contribution in [0.3, 0.4) is 0 Å². The van der Waals surface area contributed by atoms with Crippen LogP contribution in [0.15, 0.2) is 58.2 Å². The number of imidazole rings is 1. The van der Waals surface area contributed by atoms with Crippen LogP contribution in [-0.2, 0) is 0 Å². The molecule has 0 aliphatic carbocycles. The lowest BCUT2D eigenvalue weighted by Gasteiger charge is -2.09. The molecule has 0 unspecified atom stereocenters. The summed E-state index contributed by atoms with van der Waals surface area (Å²) >= 11 is 0. The van der Waals surface area contributed by atoms with Crippen molar-refractivity contribution in [3.8, 4) is 0 Å². The Morgan fingerprint density at radius 2 is 1.40 bits per heavy atom. The van der Waals surface area contributed by atoms with E-state index < -0.39 is 0 Å². The average Bonchev–Trinajstić information content (AvgIpc) is 2.84. The van der Waals surface area contributed by atoms with Gasteiger partial charge in [-0.2, -0.15) is 0 Å². The van der Waals surface area contributed by atoms with Crippen molar-refractivity contribution in [3.05, 3.63) is 48.3 Å². The van der Waals surface area contributed by atoms with Gasteiger partial charge in [-0.15, -0.1) is 5.11 Å². The van der Waals surface area contributed by atoms with Gasteiger partial charge in [0, 0.05) is 24.5 Å². The topological polar surface area (TPSA) is 46.9 Å². The number of nitrogens with zero attached hydrogens (tertiary/aromatic N) is 5.